The highest BCUT2D eigenvalue weighted by molar-refractivity contribution is 5.89. The highest BCUT2D eigenvalue weighted by Crippen LogP contribution is 2.05. The Kier molecular flexibility index (Phi) is 5.81. The molecule has 0 aliphatic heterocycles. The van der Waals surface area contributed by atoms with Crippen molar-refractivity contribution in [2.24, 2.45) is 0 Å². The number of urea groups is 1. The predicted molar refractivity (Wildman–Crippen MR) is 69.7 cm³/mol. The SMILES string of the molecule is CON(C)C(=O)N(CCCc1ccccc1)C(=O)O. The molecule has 0 saturated heterocycles. The second-order valence-corrected chi connectivity index (χ2v) is 3.99. The van der Waals surface area contributed by atoms with Crippen molar-refractivity contribution in [3.8, 4) is 0 Å². The number of carboxylic acid groups (broad SMARTS) is 1. The van der Waals surface area contributed by atoms with Crippen molar-refractivity contribution in [1.29, 1.82) is 0 Å². The van der Waals surface area contributed by atoms with Gasteiger partial charge in [-0.25, -0.2) is 19.6 Å². The minimum atomic E-state index is -1.28. The van der Waals surface area contributed by atoms with E-state index in [1.807, 2.05) is 30.3 Å². The van der Waals surface area contributed by atoms with Gasteiger partial charge in [0, 0.05) is 13.6 Å². The molecule has 1 rings (SSSR count). The number of hydrogen-bond acceptors (Lipinski definition) is 3. The molecule has 0 atom stereocenters. The Morgan fingerprint density at radius 1 is 1.26 bits per heavy atom. The van der Waals surface area contributed by atoms with Crippen LogP contribution in [0.5, 0.6) is 0 Å². The highest BCUT2D eigenvalue weighted by Gasteiger charge is 2.23. The Balaban J connectivity index is 2.51. The summed E-state index contributed by atoms with van der Waals surface area (Å²) in [5, 5.41) is 9.89. The molecule has 0 aliphatic rings. The lowest BCUT2D eigenvalue weighted by Gasteiger charge is -2.22. The largest absolute Gasteiger partial charge is 0.465 e. The van der Waals surface area contributed by atoms with Crippen molar-refractivity contribution in [2.75, 3.05) is 20.7 Å². The molecule has 104 valence electrons. The van der Waals surface area contributed by atoms with Gasteiger partial charge < -0.3 is 5.11 Å². The van der Waals surface area contributed by atoms with E-state index in [4.69, 9.17) is 5.11 Å². The fraction of sp³-hybridized carbons (Fsp3) is 0.385. The van der Waals surface area contributed by atoms with E-state index in [0.717, 1.165) is 15.5 Å². The van der Waals surface area contributed by atoms with E-state index in [2.05, 4.69) is 4.84 Å². The standard InChI is InChI=1S/C13H18N2O4/c1-14(19-2)12(16)15(13(17)18)10-6-9-11-7-4-3-5-8-11/h3-5,7-8H,6,9-10H2,1-2H3,(H,17,18). The summed E-state index contributed by atoms with van der Waals surface area (Å²) < 4.78 is 0. The maximum Gasteiger partial charge on any atom is 0.415 e. The zero-order valence-electron chi connectivity index (χ0n) is 11.1. The van der Waals surface area contributed by atoms with Crippen LogP contribution in [0.3, 0.4) is 0 Å². The van der Waals surface area contributed by atoms with Crippen LogP contribution >= 0.6 is 0 Å². The third-order valence-electron chi connectivity index (χ3n) is 2.70. The molecule has 6 heteroatoms. The third-order valence-corrected chi connectivity index (χ3v) is 2.70. The molecule has 19 heavy (non-hydrogen) atoms. The molecule has 0 radical (unpaired) electrons. The van der Waals surface area contributed by atoms with Crippen molar-refractivity contribution >= 4 is 12.1 Å². The van der Waals surface area contributed by atoms with Crippen molar-refractivity contribution in [3.05, 3.63) is 35.9 Å². The summed E-state index contributed by atoms with van der Waals surface area (Å²) in [4.78, 5) is 28.2. The Bertz CT molecular complexity index is 422. The number of hydrogen-bond donors (Lipinski definition) is 1. The predicted octanol–water partition coefficient (Wildman–Crippen LogP) is 2.21. The first kappa shape index (κ1) is 15.0. The van der Waals surface area contributed by atoms with Gasteiger partial charge in [-0.1, -0.05) is 30.3 Å². The van der Waals surface area contributed by atoms with Gasteiger partial charge in [0.2, 0.25) is 0 Å². The first-order valence-corrected chi connectivity index (χ1v) is 5.92. The van der Waals surface area contributed by atoms with E-state index < -0.39 is 12.1 Å². The summed E-state index contributed by atoms with van der Waals surface area (Å²) >= 11 is 0. The highest BCUT2D eigenvalue weighted by atomic mass is 16.7. The van der Waals surface area contributed by atoms with Crippen LogP contribution in [0.15, 0.2) is 30.3 Å². The van der Waals surface area contributed by atoms with Gasteiger partial charge in [0.25, 0.3) is 0 Å². The smallest absolute Gasteiger partial charge is 0.415 e. The molecule has 1 N–H and O–H groups in total. The van der Waals surface area contributed by atoms with Crippen molar-refractivity contribution in [1.82, 2.24) is 9.96 Å². The van der Waals surface area contributed by atoms with Gasteiger partial charge in [-0.15, -0.1) is 0 Å². The van der Waals surface area contributed by atoms with Crippen LogP contribution in [0.25, 0.3) is 0 Å². The van der Waals surface area contributed by atoms with E-state index in [1.54, 1.807) is 0 Å². The summed E-state index contributed by atoms with van der Waals surface area (Å²) in [6.45, 7) is 0.136. The zero-order valence-corrected chi connectivity index (χ0v) is 11.1. The molecule has 0 unspecified atom stereocenters. The quantitative estimate of drug-likeness (QED) is 0.829. The number of hydroxylamine groups is 2. The Labute approximate surface area is 112 Å². The maximum absolute atomic E-state index is 11.7. The van der Waals surface area contributed by atoms with Crippen molar-refractivity contribution in [2.45, 2.75) is 12.8 Å². The number of carbonyl (C=O) groups is 2. The van der Waals surface area contributed by atoms with Gasteiger partial charge in [-0.2, -0.15) is 0 Å². The average molecular weight is 266 g/mol. The van der Waals surface area contributed by atoms with Gasteiger partial charge in [0.05, 0.1) is 7.11 Å². The van der Waals surface area contributed by atoms with Crippen LogP contribution in [0.4, 0.5) is 9.59 Å². The molecular weight excluding hydrogens is 248 g/mol. The maximum atomic E-state index is 11.7. The number of carbonyl (C=O) groups excluding carboxylic acids is 1. The normalized spacial score (nSPS) is 10.0. The van der Waals surface area contributed by atoms with Crippen molar-refractivity contribution in [3.63, 3.8) is 0 Å². The number of nitrogens with zero attached hydrogens (tertiary/aromatic N) is 2. The van der Waals surface area contributed by atoms with Gasteiger partial charge >= 0.3 is 12.1 Å². The summed E-state index contributed by atoms with van der Waals surface area (Å²) in [5.41, 5.74) is 1.11. The lowest BCUT2D eigenvalue weighted by atomic mass is 10.1. The second kappa shape index (κ2) is 7.38. The molecule has 1 aromatic carbocycles. The van der Waals surface area contributed by atoms with Gasteiger partial charge in [0.1, 0.15) is 0 Å². The van der Waals surface area contributed by atoms with E-state index in [0.29, 0.717) is 12.8 Å². The molecule has 1 aromatic rings. The molecular formula is C13H18N2O4. The number of rotatable bonds is 5. The first-order valence-electron chi connectivity index (χ1n) is 5.92. The monoisotopic (exact) mass is 266 g/mol. The Morgan fingerprint density at radius 2 is 1.89 bits per heavy atom. The molecule has 0 fully saturated rings. The Morgan fingerprint density at radius 3 is 2.42 bits per heavy atom. The van der Waals surface area contributed by atoms with Crippen LogP contribution in [-0.2, 0) is 11.3 Å². The summed E-state index contributed by atoms with van der Waals surface area (Å²) in [7, 11) is 2.68. The minimum absolute atomic E-state index is 0.136. The molecule has 0 aromatic heterocycles. The minimum Gasteiger partial charge on any atom is -0.465 e. The fourth-order valence-corrected chi connectivity index (χ4v) is 1.61. The lowest BCUT2D eigenvalue weighted by molar-refractivity contribution is -0.0740. The third kappa shape index (κ3) is 4.59. The van der Waals surface area contributed by atoms with Gasteiger partial charge in [-0.05, 0) is 18.4 Å². The molecule has 0 saturated carbocycles. The zero-order chi connectivity index (χ0) is 14.3. The number of aryl methyl sites for hydroxylation is 1. The van der Waals surface area contributed by atoms with Crippen LogP contribution in [0, 0.1) is 0 Å². The van der Waals surface area contributed by atoms with Crippen LogP contribution in [0.2, 0.25) is 0 Å². The molecule has 3 amide bonds. The van der Waals surface area contributed by atoms with Gasteiger partial charge in [-0.3, -0.25) is 4.84 Å². The summed E-state index contributed by atoms with van der Waals surface area (Å²) in [5.74, 6) is 0. The topological polar surface area (TPSA) is 70.1 Å². The van der Waals surface area contributed by atoms with E-state index in [1.165, 1.54) is 14.2 Å². The number of benzene rings is 1. The molecule has 0 heterocycles. The van der Waals surface area contributed by atoms with Gasteiger partial charge in [0.15, 0.2) is 0 Å². The van der Waals surface area contributed by atoms with Crippen LogP contribution < -0.4 is 0 Å². The van der Waals surface area contributed by atoms with Crippen LogP contribution in [-0.4, -0.2) is 47.9 Å². The summed E-state index contributed by atoms with van der Waals surface area (Å²) in [6, 6.07) is 9.01. The van der Waals surface area contributed by atoms with Crippen molar-refractivity contribution < 1.29 is 19.5 Å². The molecule has 0 bridgehead atoms. The van der Waals surface area contributed by atoms with E-state index in [9.17, 15) is 9.59 Å². The fourth-order valence-electron chi connectivity index (χ4n) is 1.61. The average Bonchev–Trinajstić information content (AvgIpc) is 2.42. The molecule has 6 nitrogen and oxygen atoms in total. The number of imide groups is 1. The lowest BCUT2D eigenvalue weighted by Crippen LogP contribution is -2.44. The molecule has 0 spiro atoms. The number of amides is 3. The second-order valence-electron chi connectivity index (χ2n) is 3.99. The van der Waals surface area contributed by atoms with E-state index >= 15 is 0 Å². The summed E-state index contributed by atoms with van der Waals surface area (Å²) in [6.07, 6.45) is 0.00996. The van der Waals surface area contributed by atoms with E-state index in [-0.39, 0.29) is 6.54 Å². The molecule has 0 aliphatic carbocycles. The van der Waals surface area contributed by atoms with Crippen LogP contribution in [0.1, 0.15) is 12.0 Å². The Hall–Kier alpha value is -2.08. The first-order chi connectivity index (χ1) is 9.06.